The number of hydrogen-bond acceptors (Lipinski definition) is 5. The van der Waals surface area contributed by atoms with Crippen LogP contribution in [-0.4, -0.2) is 63.4 Å². The molecule has 0 aliphatic carbocycles. The quantitative estimate of drug-likeness (QED) is 0.714. The summed E-state index contributed by atoms with van der Waals surface area (Å²) in [6.07, 6.45) is 1.44. The number of amides is 1. The van der Waals surface area contributed by atoms with Crippen molar-refractivity contribution in [3.8, 4) is 0 Å². The summed E-state index contributed by atoms with van der Waals surface area (Å²) < 4.78 is 16.2. The molecule has 1 saturated heterocycles. The van der Waals surface area contributed by atoms with Crippen LogP contribution in [0.1, 0.15) is 12.0 Å². The van der Waals surface area contributed by atoms with E-state index in [2.05, 4.69) is 0 Å². The van der Waals surface area contributed by atoms with E-state index >= 15 is 0 Å². The summed E-state index contributed by atoms with van der Waals surface area (Å²) in [5.41, 5.74) is 1.01. The van der Waals surface area contributed by atoms with Crippen LogP contribution in [0.25, 0.3) is 0 Å². The first-order valence-corrected chi connectivity index (χ1v) is 7.94. The molecular weight excluding hydrogens is 310 g/mol. The Hall–Kier alpha value is -1.76. The fourth-order valence-electron chi connectivity index (χ4n) is 3.13. The third-order valence-electron chi connectivity index (χ3n) is 4.38. The van der Waals surface area contributed by atoms with Crippen LogP contribution >= 0.6 is 0 Å². The first-order valence-electron chi connectivity index (χ1n) is 7.94. The van der Waals surface area contributed by atoms with E-state index in [0.29, 0.717) is 13.0 Å². The standard InChI is InChI=1S/C18H24NO5/c1-22-15-11-19(18(24-3)17(15)23-2)16(21)10-14(12-20)9-13-7-5-4-6-8-13/h4-8,14-15,17-18H,9-11H2,1-3H3/t14-,15?,17-,18-/m1/s1. The first kappa shape index (κ1) is 18.6. The van der Waals surface area contributed by atoms with Crippen LogP contribution in [0.15, 0.2) is 30.3 Å². The molecule has 2 rings (SSSR count). The van der Waals surface area contributed by atoms with E-state index in [1.807, 2.05) is 36.6 Å². The second kappa shape index (κ2) is 8.92. The lowest BCUT2D eigenvalue weighted by atomic mass is 9.97. The third-order valence-corrected chi connectivity index (χ3v) is 4.38. The summed E-state index contributed by atoms with van der Waals surface area (Å²) in [7, 11) is 4.67. The van der Waals surface area contributed by atoms with Gasteiger partial charge in [-0.15, -0.1) is 0 Å². The molecule has 0 aromatic heterocycles. The molecule has 0 spiro atoms. The van der Waals surface area contributed by atoms with E-state index in [-0.39, 0.29) is 24.5 Å². The molecule has 1 aromatic carbocycles. The summed E-state index contributed by atoms with van der Waals surface area (Å²) in [6, 6.07) is 9.60. The van der Waals surface area contributed by atoms with Gasteiger partial charge in [-0.25, -0.2) is 0 Å². The second-order valence-corrected chi connectivity index (χ2v) is 5.86. The Bertz CT molecular complexity index is 535. The maximum absolute atomic E-state index is 12.7. The van der Waals surface area contributed by atoms with Gasteiger partial charge < -0.3 is 19.1 Å². The van der Waals surface area contributed by atoms with Crippen LogP contribution < -0.4 is 0 Å². The lowest BCUT2D eigenvalue weighted by Gasteiger charge is -2.26. The molecule has 1 radical (unpaired) electrons. The number of benzene rings is 1. The highest BCUT2D eigenvalue weighted by molar-refractivity contribution is 5.80. The lowest BCUT2D eigenvalue weighted by Crippen LogP contribution is -2.42. The van der Waals surface area contributed by atoms with Gasteiger partial charge in [-0.05, 0) is 12.0 Å². The molecule has 131 valence electrons. The Balaban J connectivity index is 2.02. The monoisotopic (exact) mass is 334 g/mol. The predicted molar refractivity (Wildman–Crippen MR) is 88.1 cm³/mol. The van der Waals surface area contributed by atoms with Crippen LogP contribution in [0.3, 0.4) is 0 Å². The highest BCUT2D eigenvalue weighted by Gasteiger charge is 2.45. The van der Waals surface area contributed by atoms with Gasteiger partial charge in [0.05, 0.1) is 6.54 Å². The Labute approximate surface area is 142 Å². The molecule has 0 N–H and O–H groups in total. The second-order valence-electron chi connectivity index (χ2n) is 5.86. The minimum absolute atomic E-state index is 0.0884. The zero-order valence-electron chi connectivity index (χ0n) is 14.3. The normalized spacial score (nSPS) is 24.8. The maximum atomic E-state index is 12.7. The smallest absolute Gasteiger partial charge is 0.225 e. The van der Waals surface area contributed by atoms with Gasteiger partial charge in [0.25, 0.3) is 0 Å². The van der Waals surface area contributed by atoms with Gasteiger partial charge in [0.2, 0.25) is 12.2 Å². The van der Waals surface area contributed by atoms with Crippen LogP contribution in [0.5, 0.6) is 0 Å². The zero-order valence-corrected chi connectivity index (χ0v) is 14.3. The van der Waals surface area contributed by atoms with Crippen molar-refractivity contribution in [2.45, 2.75) is 31.3 Å². The van der Waals surface area contributed by atoms with Crippen molar-refractivity contribution in [1.29, 1.82) is 0 Å². The summed E-state index contributed by atoms with van der Waals surface area (Å²) in [4.78, 5) is 25.5. The van der Waals surface area contributed by atoms with Crippen molar-refractivity contribution in [2.24, 2.45) is 5.92 Å². The Kier molecular flexibility index (Phi) is 6.90. The molecule has 1 unspecified atom stereocenters. The average Bonchev–Trinajstić information content (AvgIpc) is 2.99. The first-order chi connectivity index (χ1) is 11.6. The van der Waals surface area contributed by atoms with Crippen molar-refractivity contribution in [3.05, 3.63) is 35.9 Å². The molecule has 0 bridgehead atoms. The number of carbonyl (C=O) groups excluding carboxylic acids is 2. The van der Waals surface area contributed by atoms with Crippen molar-refractivity contribution >= 4 is 12.2 Å². The Morgan fingerprint density at radius 1 is 1.21 bits per heavy atom. The van der Waals surface area contributed by atoms with E-state index in [1.54, 1.807) is 19.1 Å². The summed E-state index contributed by atoms with van der Waals surface area (Å²) in [6.45, 7) is 0.378. The molecule has 1 aliphatic rings. The Morgan fingerprint density at radius 3 is 2.46 bits per heavy atom. The fourth-order valence-corrected chi connectivity index (χ4v) is 3.13. The number of ether oxygens (including phenoxy) is 3. The van der Waals surface area contributed by atoms with Crippen molar-refractivity contribution in [1.82, 2.24) is 4.90 Å². The zero-order chi connectivity index (χ0) is 17.5. The van der Waals surface area contributed by atoms with Gasteiger partial charge in [-0.1, -0.05) is 30.3 Å². The molecule has 1 amide bonds. The predicted octanol–water partition coefficient (Wildman–Crippen LogP) is 1.19. The summed E-state index contributed by atoms with van der Waals surface area (Å²) in [5, 5.41) is 0. The van der Waals surface area contributed by atoms with Crippen molar-refractivity contribution < 1.29 is 23.8 Å². The van der Waals surface area contributed by atoms with Gasteiger partial charge >= 0.3 is 0 Å². The highest BCUT2D eigenvalue weighted by atomic mass is 16.6. The van der Waals surface area contributed by atoms with Crippen LogP contribution in [0.2, 0.25) is 0 Å². The minimum Gasteiger partial charge on any atom is -0.377 e. The summed E-state index contributed by atoms with van der Waals surface area (Å²) in [5.74, 6) is -0.646. The largest absolute Gasteiger partial charge is 0.377 e. The van der Waals surface area contributed by atoms with E-state index in [1.165, 1.54) is 7.11 Å². The van der Waals surface area contributed by atoms with Gasteiger partial charge in [-0.3, -0.25) is 9.59 Å². The summed E-state index contributed by atoms with van der Waals surface area (Å²) >= 11 is 0. The average molecular weight is 334 g/mol. The van der Waals surface area contributed by atoms with Gasteiger partial charge in [0, 0.05) is 33.7 Å². The highest BCUT2D eigenvalue weighted by Crippen LogP contribution is 2.25. The third kappa shape index (κ3) is 4.20. The molecule has 0 saturated carbocycles. The van der Waals surface area contributed by atoms with Gasteiger partial charge in [0.15, 0.2) is 6.23 Å². The van der Waals surface area contributed by atoms with Gasteiger partial charge in [0.1, 0.15) is 12.2 Å². The number of rotatable bonds is 8. The molecule has 6 heteroatoms. The van der Waals surface area contributed by atoms with Crippen molar-refractivity contribution in [2.75, 3.05) is 27.9 Å². The maximum Gasteiger partial charge on any atom is 0.225 e. The number of likely N-dealkylation sites (tertiary alicyclic amines) is 1. The number of methoxy groups -OCH3 is 3. The number of nitrogens with zero attached hydrogens (tertiary/aromatic N) is 1. The molecule has 4 atom stereocenters. The Morgan fingerprint density at radius 2 is 1.92 bits per heavy atom. The van der Waals surface area contributed by atoms with E-state index < -0.39 is 12.1 Å². The molecule has 6 nitrogen and oxygen atoms in total. The van der Waals surface area contributed by atoms with Crippen LogP contribution in [-0.2, 0) is 30.2 Å². The van der Waals surface area contributed by atoms with E-state index in [0.717, 1.165) is 5.56 Å². The lowest BCUT2D eigenvalue weighted by molar-refractivity contribution is -0.147. The topological polar surface area (TPSA) is 65.1 Å². The van der Waals surface area contributed by atoms with Crippen LogP contribution in [0.4, 0.5) is 0 Å². The molecule has 24 heavy (non-hydrogen) atoms. The van der Waals surface area contributed by atoms with Gasteiger partial charge in [-0.2, -0.15) is 0 Å². The fraction of sp³-hybridized carbons (Fsp3) is 0.556. The molecule has 1 heterocycles. The number of hydrogen-bond donors (Lipinski definition) is 0. The SMILES string of the molecule is COC1CN(C(=O)C[C@H]([C]=O)Cc2ccccc2)[C@H](OC)[C@@H]1OC. The number of carbonyl (C=O) groups is 1. The van der Waals surface area contributed by atoms with E-state index in [4.69, 9.17) is 14.2 Å². The molecule has 1 fully saturated rings. The minimum atomic E-state index is -0.517. The van der Waals surface area contributed by atoms with Crippen LogP contribution in [0, 0.1) is 5.92 Å². The van der Waals surface area contributed by atoms with Crippen molar-refractivity contribution in [3.63, 3.8) is 0 Å². The van der Waals surface area contributed by atoms with E-state index in [9.17, 15) is 9.59 Å². The molecular formula is C18H24NO5. The molecule has 1 aromatic rings. The molecule has 1 aliphatic heterocycles.